The van der Waals surface area contributed by atoms with Crippen LogP contribution in [-0.2, 0) is 0 Å². The van der Waals surface area contributed by atoms with E-state index < -0.39 is 0 Å². The Bertz CT molecular complexity index is 727. The van der Waals surface area contributed by atoms with Crippen molar-refractivity contribution < 1.29 is 4.79 Å². The summed E-state index contributed by atoms with van der Waals surface area (Å²) in [5.74, 6) is -0.0353. The average molecular weight is 269 g/mol. The Balaban J connectivity index is 1.90. The van der Waals surface area contributed by atoms with E-state index in [4.69, 9.17) is 11.6 Å². The van der Waals surface area contributed by atoms with E-state index in [0.717, 1.165) is 11.3 Å². The fourth-order valence-electron chi connectivity index (χ4n) is 2.65. The summed E-state index contributed by atoms with van der Waals surface area (Å²) < 4.78 is 0. The number of aliphatic imine (C=N–C) groups is 2. The molecule has 2 unspecified atom stereocenters. The first-order valence-electron chi connectivity index (χ1n) is 6.09. The topological polar surface area (TPSA) is 41.8 Å². The summed E-state index contributed by atoms with van der Waals surface area (Å²) in [5, 5.41) is 0.646. The quantitative estimate of drug-likeness (QED) is 0.713. The van der Waals surface area contributed by atoms with Crippen LogP contribution in [0.3, 0.4) is 0 Å². The lowest BCUT2D eigenvalue weighted by Gasteiger charge is -2.23. The molecule has 0 N–H and O–H groups in total. The molecule has 1 aromatic carbocycles. The predicted molar refractivity (Wildman–Crippen MR) is 75.4 cm³/mol. The highest BCUT2D eigenvalue weighted by Gasteiger charge is 2.37. The number of halogens is 1. The summed E-state index contributed by atoms with van der Waals surface area (Å²) >= 11 is 5.98. The lowest BCUT2D eigenvalue weighted by atomic mass is 10.00. The van der Waals surface area contributed by atoms with Crippen molar-refractivity contribution >= 4 is 28.8 Å². The van der Waals surface area contributed by atoms with Crippen molar-refractivity contribution in [3.63, 3.8) is 0 Å². The predicted octanol–water partition coefficient (Wildman–Crippen LogP) is 2.56. The van der Waals surface area contributed by atoms with E-state index in [1.54, 1.807) is 0 Å². The van der Waals surface area contributed by atoms with Gasteiger partial charge in [0, 0.05) is 16.2 Å². The van der Waals surface area contributed by atoms with Gasteiger partial charge in [-0.15, -0.1) is 0 Å². The Morgan fingerprint density at radius 1 is 1.00 bits per heavy atom. The van der Waals surface area contributed by atoms with Crippen molar-refractivity contribution in [3.8, 4) is 0 Å². The number of rotatable bonds is 0. The molecular weight excluding hydrogens is 260 g/mol. The molecule has 0 saturated heterocycles. The number of fused-ring (bicyclic) bond motifs is 4. The minimum atomic E-state index is -0.158. The van der Waals surface area contributed by atoms with Crippen LogP contribution in [-0.4, -0.2) is 29.3 Å². The van der Waals surface area contributed by atoms with Crippen LogP contribution in [0.5, 0.6) is 0 Å². The van der Waals surface area contributed by atoms with Gasteiger partial charge in [-0.25, -0.2) is 0 Å². The first-order chi connectivity index (χ1) is 9.24. The molecule has 1 aromatic rings. The van der Waals surface area contributed by atoms with E-state index in [0.29, 0.717) is 16.3 Å². The number of carbonyl (C=O) groups excluding carboxylic acids is 1. The fraction of sp³-hybridized carbons (Fsp3) is 0.133. The van der Waals surface area contributed by atoms with Gasteiger partial charge in [0.15, 0.2) is 0 Å². The fourth-order valence-corrected chi connectivity index (χ4v) is 2.86. The third-order valence-electron chi connectivity index (χ3n) is 3.56. The molecule has 0 bridgehead atoms. The highest BCUT2D eigenvalue weighted by molar-refractivity contribution is 6.78. The van der Waals surface area contributed by atoms with Crippen molar-refractivity contribution in [2.24, 2.45) is 9.98 Å². The smallest absolute Gasteiger partial charge is 0.213 e. The van der Waals surface area contributed by atoms with Crippen LogP contribution in [0, 0.1) is 0 Å². The Kier molecular flexibility index (Phi) is 2.15. The van der Waals surface area contributed by atoms with E-state index in [1.165, 1.54) is 0 Å². The van der Waals surface area contributed by atoms with Gasteiger partial charge in [0.05, 0.1) is 17.8 Å². The number of nitrogens with zero attached hydrogens (tertiary/aromatic N) is 2. The summed E-state index contributed by atoms with van der Waals surface area (Å²) in [4.78, 5) is 21.5. The molecule has 1 aliphatic heterocycles. The minimum absolute atomic E-state index is 0.0353. The molecule has 4 heteroatoms. The van der Waals surface area contributed by atoms with Gasteiger partial charge in [0.25, 0.3) is 0 Å². The van der Waals surface area contributed by atoms with Crippen molar-refractivity contribution in [2.45, 2.75) is 12.1 Å². The first-order valence-corrected chi connectivity index (χ1v) is 6.47. The van der Waals surface area contributed by atoms with Crippen LogP contribution < -0.4 is 0 Å². The number of benzene rings is 1. The molecule has 0 aromatic heterocycles. The average Bonchev–Trinajstić information content (AvgIpc) is 2.70. The number of allylic oxidation sites excluding steroid dienone is 2. The van der Waals surface area contributed by atoms with Gasteiger partial charge in [0.1, 0.15) is 5.71 Å². The molecule has 19 heavy (non-hydrogen) atoms. The van der Waals surface area contributed by atoms with Gasteiger partial charge in [-0.2, -0.15) is 0 Å². The molecule has 3 aliphatic rings. The van der Waals surface area contributed by atoms with Gasteiger partial charge in [-0.05, 0) is 12.2 Å². The molecule has 92 valence electrons. The molecular formula is C15H9ClN2O. The Labute approximate surface area is 115 Å². The number of carbonyl (C=O) groups is 1. The highest BCUT2D eigenvalue weighted by Crippen LogP contribution is 2.29. The van der Waals surface area contributed by atoms with Gasteiger partial charge >= 0.3 is 0 Å². The normalized spacial score (nSPS) is 27.0. The van der Waals surface area contributed by atoms with Crippen LogP contribution >= 0.6 is 11.6 Å². The molecule has 2 atom stereocenters. The molecule has 0 spiro atoms. The Morgan fingerprint density at radius 2 is 1.74 bits per heavy atom. The maximum Gasteiger partial charge on any atom is 0.213 e. The van der Waals surface area contributed by atoms with Crippen molar-refractivity contribution in [2.75, 3.05) is 0 Å². The zero-order valence-electron chi connectivity index (χ0n) is 9.88. The lowest BCUT2D eigenvalue weighted by molar-refractivity contribution is 0.106. The molecule has 4 rings (SSSR count). The van der Waals surface area contributed by atoms with E-state index in [-0.39, 0.29) is 17.9 Å². The van der Waals surface area contributed by atoms with Gasteiger partial charge in [-0.1, -0.05) is 41.9 Å². The number of hydrogen-bond acceptors (Lipinski definition) is 3. The molecule has 0 saturated carbocycles. The van der Waals surface area contributed by atoms with Gasteiger partial charge in [-0.3, -0.25) is 14.8 Å². The van der Waals surface area contributed by atoms with E-state index >= 15 is 0 Å². The van der Waals surface area contributed by atoms with Crippen molar-refractivity contribution in [3.05, 3.63) is 58.7 Å². The Hall–Kier alpha value is -2.00. The largest absolute Gasteiger partial charge is 0.287 e. The minimum Gasteiger partial charge on any atom is -0.287 e. The summed E-state index contributed by atoms with van der Waals surface area (Å²) in [6.45, 7) is 0. The summed E-state index contributed by atoms with van der Waals surface area (Å²) in [7, 11) is 0. The van der Waals surface area contributed by atoms with Crippen molar-refractivity contribution in [1.82, 2.24) is 0 Å². The zero-order valence-corrected chi connectivity index (χ0v) is 10.6. The second kappa shape index (κ2) is 3.75. The third kappa shape index (κ3) is 1.48. The second-order valence-corrected chi connectivity index (χ2v) is 5.16. The maximum atomic E-state index is 12.3. The second-order valence-electron chi connectivity index (χ2n) is 4.72. The lowest BCUT2D eigenvalue weighted by Crippen LogP contribution is -2.32. The standard InChI is InChI=1S/C15H9ClN2O/c16-8-5-6-11-12(7-8)18-14-13(17-11)9-3-1-2-4-10(9)15(14)19/h1-7,11-12H. The van der Waals surface area contributed by atoms with Gasteiger partial charge in [0.2, 0.25) is 5.78 Å². The molecule has 1 heterocycles. The number of hydrogen-bond donors (Lipinski definition) is 0. The van der Waals surface area contributed by atoms with E-state index in [9.17, 15) is 4.79 Å². The monoisotopic (exact) mass is 268 g/mol. The highest BCUT2D eigenvalue weighted by atomic mass is 35.5. The summed E-state index contributed by atoms with van der Waals surface area (Å²) in [6.07, 6.45) is 5.61. The molecule has 0 fully saturated rings. The SMILES string of the molecule is O=C1C2=NC3C=C(Cl)C=CC3N=C2c2ccccc21. The van der Waals surface area contributed by atoms with Crippen LogP contribution in [0.4, 0.5) is 0 Å². The molecule has 0 amide bonds. The number of ketones is 1. The number of Topliss-reactive ketones (excluding diaryl/α,β-unsaturated/α-hetero) is 1. The van der Waals surface area contributed by atoms with E-state index in [1.807, 2.05) is 42.5 Å². The molecule has 0 radical (unpaired) electrons. The van der Waals surface area contributed by atoms with Crippen LogP contribution in [0.25, 0.3) is 0 Å². The van der Waals surface area contributed by atoms with Crippen LogP contribution in [0.15, 0.2) is 57.5 Å². The summed E-state index contributed by atoms with van der Waals surface area (Å²) in [6, 6.07) is 7.30. The van der Waals surface area contributed by atoms with E-state index in [2.05, 4.69) is 9.98 Å². The van der Waals surface area contributed by atoms with Crippen LogP contribution in [0.2, 0.25) is 0 Å². The first kappa shape index (κ1) is 10.9. The Morgan fingerprint density at radius 3 is 2.58 bits per heavy atom. The zero-order chi connectivity index (χ0) is 13.0. The maximum absolute atomic E-state index is 12.3. The van der Waals surface area contributed by atoms with Gasteiger partial charge < -0.3 is 0 Å². The van der Waals surface area contributed by atoms with Crippen LogP contribution in [0.1, 0.15) is 15.9 Å². The molecule has 2 aliphatic carbocycles. The summed E-state index contributed by atoms with van der Waals surface area (Å²) in [5.41, 5.74) is 2.77. The van der Waals surface area contributed by atoms with Crippen molar-refractivity contribution in [1.29, 1.82) is 0 Å². The third-order valence-corrected chi connectivity index (χ3v) is 3.81. The molecule has 3 nitrogen and oxygen atoms in total.